The second-order valence-electron chi connectivity index (χ2n) is 10.7. The van der Waals surface area contributed by atoms with Gasteiger partial charge in [-0.1, -0.05) is 0 Å². The van der Waals surface area contributed by atoms with E-state index in [1.54, 1.807) is 17.0 Å². The molecule has 0 radical (unpaired) electrons. The first-order valence-corrected chi connectivity index (χ1v) is 13.8. The maximum absolute atomic E-state index is 13.2. The fourth-order valence-corrected chi connectivity index (χ4v) is 5.47. The summed E-state index contributed by atoms with van der Waals surface area (Å²) in [5.41, 5.74) is -1.75. The lowest BCUT2D eigenvalue weighted by Gasteiger charge is -2.36. The Morgan fingerprint density at radius 1 is 0.907 bits per heavy atom. The molecule has 3 aromatic rings. The SMILES string of the molecule is O=Nc1ccc(NC2CCC(OCC(=O)N3CCN(c4ccc5cc(C(F)(F)F)ccc5n4)CC3)CC2)cc1C(F)(F)F. The molecule has 8 nitrogen and oxygen atoms in total. The van der Waals surface area contributed by atoms with Crippen LogP contribution in [0.25, 0.3) is 10.9 Å². The van der Waals surface area contributed by atoms with Crippen molar-refractivity contribution in [3.05, 3.63) is 64.6 Å². The van der Waals surface area contributed by atoms with Gasteiger partial charge in [0.2, 0.25) is 5.91 Å². The van der Waals surface area contributed by atoms with Gasteiger partial charge < -0.3 is 19.9 Å². The van der Waals surface area contributed by atoms with E-state index >= 15 is 0 Å². The smallest absolute Gasteiger partial charge is 0.382 e. The molecule has 1 aromatic heterocycles. The van der Waals surface area contributed by atoms with Crippen molar-refractivity contribution in [3.63, 3.8) is 0 Å². The molecule has 0 unspecified atom stereocenters. The first-order chi connectivity index (χ1) is 20.4. The summed E-state index contributed by atoms with van der Waals surface area (Å²) in [5.74, 6) is 0.488. The molecule has 1 amide bonds. The number of carbonyl (C=O) groups excluding carboxylic acids is 1. The lowest BCUT2D eigenvalue weighted by molar-refractivity contribution is -0.139. The average Bonchev–Trinajstić information content (AvgIpc) is 2.99. The molecule has 43 heavy (non-hydrogen) atoms. The Morgan fingerprint density at radius 3 is 2.28 bits per heavy atom. The van der Waals surface area contributed by atoms with Crippen molar-refractivity contribution >= 4 is 34.0 Å². The number of piperazine rings is 1. The third-order valence-electron chi connectivity index (χ3n) is 7.85. The summed E-state index contributed by atoms with van der Waals surface area (Å²) in [4.78, 5) is 31.7. The van der Waals surface area contributed by atoms with E-state index in [0.29, 0.717) is 68.6 Å². The molecule has 1 aliphatic carbocycles. The molecule has 1 aliphatic heterocycles. The Hall–Kier alpha value is -3.94. The predicted molar refractivity (Wildman–Crippen MR) is 148 cm³/mol. The summed E-state index contributed by atoms with van der Waals surface area (Å²) in [6, 6.07) is 10.0. The van der Waals surface area contributed by atoms with E-state index in [0.717, 1.165) is 24.3 Å². The van der Waals surface area contributed by atoms with Gasteiger partial charge in [0, 0.05) is 43.3 Å². The van der Waals surface area contributed by atoms with Gasteiger partial charge >= 0.3 is 12.4 Å². The maximum Gasteiger partial charge on any atom is 0.418 e. The normalized spacial score (nSPS) is 19.9. The average molecular weight is 610 g/mol. The fraction of sp³-hybridized carbons (Fsp3) is 0.448. The van der Waals surface area contributed by atoms with Gasteiger partial charge in [0.15, 0.2) is 0 Å². The van der Waals surface area contributed by atoms with Crippen LogP contribution in [0.15, 0.2) is 53.7 Å². The fourth-order valence-electron chi connectivity index (χ4n) is 5.47. The van der Waals surface area contributed by atoms with E-state index < -0.39 is 29.2 Å². The molecule has 1 saturated heterocycles. The summed E-state index contributed by atoms with van der Waals surface area (Å²) >= 11 is 0. The van der Waals surface area contributed by atoms with Crippen molar-refractivity contribution in [3.8, 4) is 0 Å². The highest BCUT2D eigenvalue weighted by molar-refractivity contribution is 5.81. The molecule has 14 heteroatoms. The van der Waals surface area contributed by atoms with Gasteiger partial charge in [0.05, 0.1) is 22.7 Å². The van der Waals surface area contributed by atoms with Gasteiger partial charge in [-0.25, -0.2) is 4.98 Å². The highest BCUT2D eigenvalue weighted by atomic mass is 19.4. The molecule has 0 bridgehead atoms. The number of hydrogen-bond acceptors (Lipinski definition) is 7. The number of fused-ring (bicyclic) bond motifs is 1. The first-order valence-electron chi connectivity index (χ1n) is 13.8. The Balaban J connectivity index is 1.06. The molecule has 2 heterocycles. The summed E-state index contributed by atoms with van der Waals surface area (Å²) in [5, 5.41) is 5.95. The van der Waals surface area contributed by atoms with Crippen molar-refractivity contribution < 1.29 is 35.9 Å². The molecular weight excluding hydrogens is 580 g/mol. The Morgan fingerprint density at radius 2 is 1.63 bits per heavy atom. The predicted octanol–water partition coefficient (Wildman–Crippen LogP) is 6.76. The van der Waals surface area contributed by atoms with E-state index in [4.69, 9.17) is 4.74 Å². The number of benzene rings is 2. The topological polar surface area (TPSA) is 87.1 Å². The van der Waals surface area contributed by atoms with Crippen LogP contribution < -0.4 is 10.2 Å². The van der Waals surface area contributed by atoms with Crippen LogP contribution in [0.5, 0.6) is 0 Å². The monoisotopic (exact) mass is 609 g/mol. The lowest BCUT2D eigenvalue weighted by Crippen LogP contribution is -2.50. The number of nitrogens with zero attached hydrogens (tertiary/aromatic N) is 4. The second kappa shape index (κ2) is 12.3. The minimum absolute atomic E-state index is 0.0739. The quantitative estimate of drug-likeness (QED) is 0.235. The van der Waals surface area contributed by atoms with E-state index in [2.05, 4.69) is 15.5 Å². The summed E-state index contributed by atoms with van der Waals surface area (Å²) in [6.45, 7) is 1.85. The number of ether oxygens (including phenoxy) is 1. The molecule has 0 spiro atoms. The van der Waals surface area contributed by atoms with Gasteiger partial charge in [-0.15, -0.1) is 4.91 Å². The van der Waals surface area contributed by atoms with Crippen molar-refractivity contribution in [1.82, 2.24) is 9.88 Å². The van der Waals surface area contributed by atoms with Gasteiger partial charge in [-0.3, -0.25) is 4.79 Å². The van der Waals surface area contributed by atoms with Crippen LogP contribution in [-0.4, -0.2) is 60.7 Å². The van der Waals surface area contributed by atoms with E-state index in [1.807, 2.05) is 4.90 Å². The molecule has 0 atom stereocenters. The number of carbonyl (C=O) groups is 1. The zero-order chi connectivity index (χ0) is 30.8. The standard InChI is InChI=1S/C29H29F6N5O3/c30-28(31,32)19-2-8-24-18(15-19)1-10-26(37-24)39-11-13-40(14-12-39)27(41)17-43-22-6-3-20(4-7-22)36-21-5-9-25(38-42)23(16-21)29(33,34)35/h1-2,5,8-10,15-16,20,22,36H,3-4,6-7,11-14,17H2. The zero-order valence-electron chi connectivity index (χ0n) is 22.9. The summed E-state index contributed by atoms with van der Waals surface area (Å²) in [6.07, 6.45) is -6.70. The molecule has 2 aliphatic rings. The van der Waals surface area contributed by atoms with Gasteiger partial charge in [0.1, 0.15) is 18.1 Å². The van der Waals surface area contributed by atoms with Crippen LogP contribution in [-0.2, 0) is 21.9 Å². The highest BCUT2D eigenvalue weighted by Gasteiger charge is 2.35. The number of pyridine rings is 1. The van der Waals surface area contributed by atoms with E-state index in [9.17, 15) is 36.0 Å². The van der Waals surface area contributed by atoms with Crippen LogP contribution in [0.2, 0.25) is 0 Å². The van der Waals surface area contributed by atoms with Gasteiger partial charge in [-0.2, -0.15) is 26.3 Å². The van der Waals surface area contributed by atoms with Crippen molar-refractivity contribution in [2.45, 2.75) is 50.2 Å². The second-order valence-corrected chi connectivity index (χ2v) is 10.7. The van der Waals surface area contributed by atoms with E-state index in [1.165, 1.54) is 12.1 Å². The van der Waals surface area contributed by atoms with Crippen molar-refractivity contribution in [1.29, 1.82) is 0 Å². The molecule has 230 valence electrons. The minimum Gasteiger partial charge on any atom is -0.382 e. The number of halogens is 6. The third-order valence-corrected chi connectivity index (χ3v) is 7.85. The van der Waals surface area contributed by atoms with Crippen LogP contribution >= 0.6 is 0 Å². The highest BCUT2D eigenvalue weighted by Crippen LogP contribution is 2.38. The molecule has 1 N–H and O–H groups in total. The molecule has 2 fully saturated rings. The van der Waals surface area contributed by atoms with Crippen LogP contribution in [0.3, 0.4) is 0 Å². The van der Waals surface area contributed by atoms with Gasteiger partial charge in [0.25, 0.3) is 0 Å². The number of anilines is 2. The number of nitroso groups, excluding NO2 is 1. The molecule has 1 saturated carbocycles. The number of aromatic nitrogens is 1. The summed E-state index contributed by atoms with van der Waals surface area (Å²) in [7, 11) is 0. The Kier molecular flexibility index (Phi) is 8.76. The van der Waals surface area contributed by atoms with Crippen LogP contribution in [0, 0.1) is 4.91 Å². The number of alkyl halides is 6. The Bertz CT molecular complexity index is 1470. The zero-order valence-corrected chi connectivity index (χ0v) is 22.9. The van der Waals surface area contributed by atoms with Crippen molar-refractivity contribution in [2.24, 2.45) is 5.18 Å². The van der Waals surface area contributed by atoms with Crippen molar-refractivity contribution in [2.75, 3.05) is 43.0 Å². The first kappa shape index (κ1) is 30.5. The molecule has 5 rings (SSSR count). The summed E-state index contributed by atoms with van der Waals surface area (Å²) < 4.78 is 84.5. The third kappa shape index (κ3) is 7.35. The lowest BCUT2D eigenvalue weighted by atomic mass is 9.92. The largest absolute Gasteiger partial charge is 0.418 e. The minimum atomic E-state index is -4.69. The number of hydrogen-bond donors (Lipinski definition) is 1. The Labute approximate surface area is 243 Å². The molecular formula is C29H29F6N5O3. The van der Waals surface area contributed by atoms with E-state index in [-0.39, 0.29) is 30.3 Å². The van der Waals surface area contributed by atoms with Gasteiger partial charge in [-0.05, 0) is 79.4 Å². The number of amides is 1. The number of nitrogens with one attached hydrogen (secondary N) is 1. The number of rotatable bonds is 7. The maximum atomic E-state index is 13.2. The molecule has 2 aromatic carbocycles. The van der Waals surface area contributed by atoms with Crippen LogP contribution in [0.1, 0.15) is 36.8 Å². The van der Waals surface area contributed by atoms with Crippen LogP contribution in [0.4, 0.5) is 43.5 Å².